The molecule has 4 aromatic rings. The summed E-state index contributed by atoms with van der Waals surface area (Å²) < 4.78 is 13.1. The highest BCUT2D eigenvalue weighted by atomic mass is 35.5. The van der Waals surface area contributed by atoms with E-state index in [1.807, 2.05) is 48.5 Å². The summed E-state index contributed by atoms with van der Waals surface area (Å²) in [6.45, 7) is 0.561. The van der Waals surface area contributed by atoms with Gasteiger partial charge in [-0.1, -0.05) is 66.2 Å². The topological polar surface area (TPSA) is 24.9 Å². The summed E-state index contributed by atoms with van der Waals surface area (Å²) in [7, 11) is 0. The Kier molecular flexibility index (Phi) is 5.36. The van der Waals surface area contributed by atoms with E-state index < -0.39 is 0 Å². The van der Waals surface area contributed by atoms with Gasteiger partial charge in [0.1, 0.15) is 11.6 Å². The van der Waals surface area contributed by atoms with E-state index in [4.69, 9.17) is 16.6 Å². The molecule has 0 aliphatic heterocycles. The maximum Gasteiger partial charge on any atom is 0.127 e. The van der Waals surface area contributed by atoms with Crippen molar-refractivity contribution in [1.82, 2.24) is 4.98 Å². The zero-order valence-electron chi connectivity index (χ0n) is 15.1. The minimum absolute atomic E-state index is 0.238. The van der Waals surface area contributed by atoms with Gasteiger partial charge in [0.25, 0.3) is 0 Å². The van der Waals surface area contributed by atoms with Crippen molar-refractivity contribution in [2.75, 3.05) is 5.32 Å². The molecule has 0 fully saturated rings. The first-order valence-electron chi connectivity index (χ1n) is 8.99. The van der Waals surface area contributed by atoms with Gasteiger partial charge in [0.2, 0.25) is 0 Å². The molecule has 0 radical (unpaired) electrons. The van der Waals surface area contributed by atoms with Crippen molar-refractivity contribution in [1.29, 1.82) is 0 Å². The second-order valence-electron chi connectivity index (χ2n) is 6.48. The summed E-state index contributed by atoms with van der Waals surface area (Å²) in [4.78, 5) is 4.76. The van der Waals surface area contributed by atoms with Gasteiger partial charge in [-0.15, -0.1) is 0 Å². The molecular formula is C24H18ClFN2. The van der Waals surface area contributed by atoms with Crippen LogP contribution in [0, 0.1) is 5.82 Å². The van der Waals surface area contributed by atoms with Crippen LogP contribution in [0.2, 0.25) is 5.02 Å². The Labute approximate surface area is 168 Å². The summed E-state index contributed by atoms with van der Waals surface area (Å²) in [5, 5.41) is 4.04. The first-order valence-corrected chi connectivity index (χ1v) is 9.37. The molecule has 28 heavy (non-hydrogen) atoms. The molecule has 1 N–H and O–H groups in total. The van der Waals surface area contributed by atoms with Crippen molar-refractivity contribution in [3.8, 4) is 22.4 Å². The Bertz CT molecular complexity index is 1060. The van der Waals surface area contributed by atoms with Gasteiger partial charge in [-0.3, -0.25) is 0 Å². The van der Waals surface area contributed by atoms with Crippen LogP contribution >= 0.6 is 11.6 Å². The molecule has 4 rings (SSSR count). The zero-order valence-corrected chi connectivity index (χ0v) is 15.8. The smallest absolute Gasteiger partial charge is 0.127 e. The lowest BCUT2D eigenvalue weighted by Crippen LogP contribution is -2.02. The second-order valence-corrected chi connectivity index (χ2v) is 6.92. The molecule has 0 saturated heterocycles. The minimum atomic E-state index is -0.238. The number of halogens is 2. The van der Waals surface area contributed by atoms with Crippen molar-refractivity contribution >= 4 is 17.4 Å². The van der Waals surface area contributed by atoms with Gasteiger partial charge >= 0.3 is 0 Å². The van der Waals surface area contributed by atoms with Crippen molar-refractivity contribution in [3.63, 3.8) is 0 Å². The zero-order chi connectivity index (χ0) is 19.3. The standard InChI is InChI=1S/C24H18ClFN2/c25-21-10-8-19(9-11-21)23-14-20(18-4-2-1-3-5-18)15-24(28-23)27-16-17-6-12-22(26)13-7-17/h1-15H,16H2,(H,27,28). The first kappa shape index (κ1) is 18.2. The number of nitrogens with zero attached hydrogens (tertiary/aromatic N) is 1. The number of benzene rings is 3. The number of hydrogen-bond donors (Lipinski definition) is 1. The normalized spacial score (nSPS) is 10.6. The third kappa shape index (κ3) is 4.38. The van der Waals surface area contributed by atoms with Crippen molar-refractivity contribution in [2.45, 2.75) is 6.54 Å². The Morgan fingerprint density at radius 1 is 0.750 bits per heavy atom. The SMILES string of the molecule is Fc1ccc(CNc2cc(-c3ccccc3)cc(-c3ccc(Cl)cc3)n2)cc1. The predicted octanol–water partition coefficient (Wildman–Crippen LogP) is 6.82. The van der Waals surface area contributed by atoms with Crippen molar-refractivity contribution < 1.29 is 4.39 Å². The molecule has 0 aliphatic rings. The van der Waals surface area contributed by atoms with Gasteiger partial charge in [-0.2, -0.15) is 0 Å². The molecule has 1 aromatic heterocycles. The van der Waals surface area contributed by atoms with E-state index in [9.17, 15) is 4.39 Å². The van der Waals surface area contributed by atoms with Gasteiger partial charge in [0.05, 0.1) is 5.69 Å². The molecule has 0 aliphatic carbocycles. The average molecular weight is 389 g/mol. The predicted molar refractivity (Wildman–Crippen MR) is 114 cm³/mol. The summed E-state index contributed by atoms with van der Waals surface area (Å²) in [5.74, 6) is 0.522. The lowest BCUT2D eigenvalue weighted by molar-refractivity contribution is 0.627. The molecule has 0 unspecified atom stereocenters. The highest BCUT2D eigenvalue weighted by molar-refractivity contribution is 6.30. The van der Waals surface area contributed by atoms with E-state index >= 15 is 0 Å². The molecule has 0 atom stereocenters. The maximum absolute atomic E-state index is 13.1. The van der Waals surface area contributed by atoms with Crippen LogP contribution in [0.25, 0.3) is 22.4 Å². The number of pyridine rings is 1. The quantitative estimate of drug-likeness (QED) is 0.405. The number of rotatable bonds is 5. The number of anilines is 1. The molecule has 0 saturated carbocycles. The average Bonchev–Trinajstić information content (AvgIpc) is 2.74. The van der Waals surface area contributed by atoms with Crippen molar-refractivity contribution in [2.24, 2.45) is 0 Å². The Balaban J connectivity index is 1.69. The Hall–Kier alpha value is -3.17. The number of aromatic nitrogens is 1. The van der Waals surface area contributed by atoms with Crippen LogP contribution in [-0.4, -0.2) is 4.98 Å². The lowest BCUT2D eigenvalue weighted by atomic mass is 10.0. The molecule has 1 heterocycles. The largest absolute Gasteiger partial charge is 0.366 e. The fourth-order valence-corrected chi connectivity index (χ4v) is 3.11. The van der Waals surface area contributed by atoms with Crippen LogP contribution in [0.5, 0.6) is 0 Å². The second kappa shape index (κ2) is 8.24. The molecule has 0 amide bonds. The molecular weight excluding hydrogens is 371 g/mol. The van der Waals surface area contributed by atoms with Crippen LogP contribution in [0.3, 0.4) is 0 Å². The van der Waals surface area contributed by atoms with Crippen molar-refractivity contribution in [3.05, 3.63) is 107 Å². The number of hydrogen-bond acceptors (Lipinski definition) is 2. The van der Waals surface area contributed by atoms with E-state index in [1.165, 1.54) is 12.1 Å². The summed E-state index contributed by atoms with van der Waals surface area (Å²) in [5.41, 5.74) is 5.03. The molecule has 0 bridgehead atoms. The first-order chi connectivity index (χ1) is 13.7. The van der Waals surface area contributed by atoms with Crippen LogP contribution in [0.15, 0.2) is 91.0 Å². The fourth-order valence-electron chi connectivity index (χ4n) is 2.98. The minimum Gasteiger partial charge on any atom is -0.366 e. The summed E-state index contributed by atoms with van der Waals surface area (Å²) in [6, 6.07) is 28.4. The highest BCUT2D eigenvalue weighted by Crippen LogP contribution is 2.28. The van der Waals surface area contributed by atoms with Crippen LogP contribution in [0.1, 0.15) is 5.56 Å². The summed E-state index contributed by atoms with van der Waals surface area (Å²) in [6.07, 6.45) is 0. The molecule has 0 spiro atoms. The van der Waals surface area contributed by atoms with Gasteiger partial charge in [-0.25, -0.2) is 9.37 Å². The van der Waals surface area contributed by atoms with Crippen LogP contribution < -0.4 is 5.32 Å². The highest BCUT2D eigenvalue weighted by Gasteiger charge is 2.07. The monoisotopic (exact) mass is 388 g/mol. The van der Waals surface area contributed by atoms with Gasteiger partial charge in [0, 0.05) is 17.1 Å². The third-order valence-electron chi connectivity index (χ3n) is 4.46. The Morgan fingerprint density at radius 2 is 1.46 bits per heavy atom. The number of nitrogens with one attached hydrogen (secondary N) is 1. The summed E-state index contributed by atoms with van der Waals surface area (Å²) >= 11 is 6.03. The fraction of sp³-hybridized carbons (Fsp3) is 0.0417. The van der Waals surface area contributed by atoms with Gasteiger partial charge in [-0.05, 0) is 53.1 Å². The molecule has 4 heteroatoms. The van der Waals surface area contributed by atoms with Crippen LogP contribution in [-0.2, 0) is 6.54 Å². The van der Waals surface area contributed by atoms with Gasteiger partial charge in [0.15, 0.2) is 0 Å². The van der Waals surface area contributed by atoms with E-state index in [2.05, 4.69) is 23.5 Å². The van der Waals surface area contributed by atoms with Gasteiger partial charge < -0.3 is 5.32 Å². The lowest BCUT2D eigenvalue weighted by Gasteiger charge is -2.12. The van der Waals surface area contributed by atoms with E-state index in [0.717, 1.165) is 33.8 Å². The van der Waals surface area contributed by atoms with E-state index in [1.54, 1.807) is 12.1 Å². The van der Waals surface area contributed by atoms with E-state index in [0.29, 0.717) is 11.6 Å². The third-order valence-corrected chi connectivity index (χ3v) is 4.71. The molecule has 3 aromatic carbocycles. The molecule has 2 nitrogen and oxygen atoms in total. The Morgan fingerprint density at radius 3 is 2.18 bits per heavy atom. The molecule has 138 valence electrons. The maximum atomic E-state index is 13.1. The van der Waals surface area contributed by atoms with Crippen LogP contribution in [0.4, 0.5) is 10.2 Å². The van der Waals surface area contributed by atoms with E-state index in [-0.39, 0.29) is 5.82 Å².